The van der Waals surface area contributed by atoms with E-state index in [4.69, 9.17) is 0 Å². The van der Waals surface area contributed by atoms with Gasteiger partial charge in [0.1, 0.15) is 0 Å². The van der Waals surface area contributed by atoms with Gasteiger partial charge in [-0.15, -0.1) is 0 Å². The minimum atomic E-state index is -0.0892. The molecule has 11 rings (SSSR count). The highest BCUT2D eigenvalue weighted by Gasteiger charge is 2.37. The number of hydrogen-bond donors (Lipinski definition) is 0. The molecule has 2 aliphatic rings. The van der Waals surface area contributed by atoms with Crippen molar-refractivity contribution in [3.63, 3.8) is 0 Å². The van der Waals surface area contributed by atoms with Crippen molar-refractivity contribution < 1.29 is 0 Å². The first-order chi connectivity index (χ1) is 28.1. The highest BCUT2D eigenvalue weighted by atomic mass is 15.1. The van der Waals surface area contributed by atoms with E-state index >= 15 is 0 Å². The number of fused-ring (bicyclic) bond motifs is 7. The molecule has 57 heavy (non-hydrogen) atoms. The Bertz CT molecular complexity index is 3030. The molecule has 0 amide bonds. The topological polar surface area (TPSA) is 8.17 Å². The van der Waals surface area contributed by atoms with Crippen molar-refractivity contribution in [3.8, 4) is 39.1 Å². The predicted molar refractivity (Wildman–Crippen MR) is 241 cm³/mol. The summed E-state index contributed by atoms with van der Waals surface area (Å²) < 4.78 is 2.41. The number of anilines is 3. The lowest BCUT2D eigenvalue weighted by atomic mass is 9.82. The summed E-state index contributed by atoms with van der Waals surface area (Å²) in [6, 6.07) is 67.4. The van der Waals surface area contributed by atoms with Gasteiger partial charge in [-0.1, -0.05) is 159 Å². The van der Waals surface area contributed by atoms with E-state index in [0.717, 1.165) is 35.6 Å². The molecule has 0 saturated carbocycles. The van der Waals surface area contributed by atoms with Gasteiger partial charge in [0.15, 0.2) is 0 Å². The van der Waals surface area contributed by atoms with Crippen molar-refractivity contribution in [2.45, 2.75) is 32.1 Å². The molecular formula is C55H42N2. The van der Waals surface area contributed by atoms with E-state index in [2.05, 4.69) is 217 Å². The van der Waals surface area contributed by atoms with Gasteiger partial charge in [-0.05, 0) is 111 Å². The zero-order chi connectivity index (χ0) is 38.1. The third kappa shape index (κ3) is 5.25. The van der Waals surface area contributed by atoms with Crippen LogP contribution in [0.25, 0.3) is 66.9 Å². The van der Waals surface area contributed by atoms with Gasteiger partial charge in [-0.2, -0.15) is 0 Å². The summed E-state index contributed by atoms with van der Waals surface area (Å²) in [7, 11) is 0. The van der Waals surface area contributed by atoms with Crippen molar-refractivity contribution in [1.82, 2.24) is 4.57 Å². The van der Waals surface area contributed by atoms with Crippen LogP contribution in [0.4, 0.5) is 17.1 Å². The van der Waals surface area contributed by atoms with Crippen LogP contribution >= 0.6 is 0 Å². The van der Waals surface area contributed by atoms with Gasteiger partial charge in [0.25, 0.3) is 0 Å². The van der Waals surface area contributed by atoms with Crippen LogP contribution in [0.2, 0.25) is 0 Å². The van der Waals surface area contributed by atoms with Crippen LogP contribution in [0.3, 0.4) is 0 Å². The van der Waals surface area contributed by atoms with E-state index in [1.807, 2.05) is 0 Å². The first-order valence-corrected chi connectivity index (χ1v) is 20.2. The molecule has 8 aromatic carbocycles. The Morgan fingerprint density at radius 1 is 0.509 bits per heavy atom. The number of hydrogen-bond acceptors (Lipinski definition) is 1. The Hall–Kier alpha value is -6.90. The third-order valence-corrected chi connectivity index (χ3v) is 12.5. The summed E-state index contributed by atoms with van der Waals surface area (Å²) in [5.41, 5.74) is 20.0. The molecule has 0 fully saturated rings. The van der Waals surface area contributed by atoms with E-state index < -0.39 is 0 Å². The quantitative estimate of drug-likeness (QED) is 0.165. The van der Waals surface area contributed by atoms with E-state index in [1.165, 1.54) is 77.4 Å². The van der Waals surface area contributed by atoms with Crippen LogP contribution in [-0.4, -0.2) is 4.57 Å². The van der Waals surface area contributed by atoms with Crippen LogP contribution < -0.4 is 4.90 Å². The molecule has 1 aromatic heterocycles. The molecule has 2 nitrogen and oxygen atoms in total. The van der Waals surface area contributed by atoms with Gasteiger partial charge < -0.3 is 9.47 Å². The van der Waals surface area contributed by atoms with Gasteiger partial charge in [-0.3, -0.25) is 0 Å². The maximum atomic E-state index is 2.47. The maximum Gasteiger partial charge on any atom is 0.0561 e. The van der Waals surface area contributed by atoms with Gasteiger partial charge in [-0.25, -0.2) is 0 Å². The van der Waals surface area contributed by atoms with Gasteiger partial charge in [0.05, 0.1) is 16.7 Å². The first-order valence-electron chi connectivity index (χ1n) is 20.2. The van der Waals surface area contributed by atoms with Crippen LogP contribution in [0.15, 0.2) is 188 Å². The molecule has 0 bridgehead atoms. The van der Waals surface area contributed by atoms with Gasteiger partial charge >= 0.3 is 0 Å². The fourth-order valence-electron chi connectivity index (χ4n) is 9.77. The van der Waals surface area contributed by atoms with Crippen LogP contribution in [0.5, 0.6) is 0 Å². The number of allylic oxidation sites excluding steroid dienone is 1. The monoisotopic (exact) mass is 730 g/mol. The summed E-state index contributed by atoms with van der Waals surface area (Å²) >= 11 is 0. The standard InChI is InChI=1S/C55H42N2/c1-55(2)49-26-11-8-23-48(49)54-47(25-15-27-50(54)55)45-22-10-12-28-51(45)56(40-32-30-38(31-33-40)43-24-14-17-37-16-6-7-20-42(37)43)41-34-35-46-44-21-9-13-29-52(44)57(53(46)36-41)39-18-4-3-5-19-39/h3-5,7-15,17-36H,6,16H2,1-2H3. The predicted octanol–water partition coefficient (Wildman–Crippen LogP) is 14.9. The normalized spacial score (nSPS) is 13.7. The van der Waals surface area contributed by atoms with Crippen LogP contribution in [-0.2, 0) is 11.8 Å². The lowest BCUT2D eigenvalue weighted by molar-refractivity contribution is 0.660. The fourth-order valence-corrected chi connectivity index (χ4v) is 9.77. The van der Waals surface area contributed by atoms with Crippen molar-refractivity contribution in [3.05, 3.63) is 210 Å². The molecule has 2 heteroatoms. The van der Waals surface area contributed by atoms with Gasteiger partial charge in [0.2, 0.25) is 0 Å². The SMILES string of the molecule is CC1(C)c2ccccc2-c2c(-c3ccccc3N(c3ccc(-c4cccc5c4C=CCC5)cc3)c3ccc4c5ccccc5n(-c5ccccc5)c4c3)cccc21. The second-order valence-electron chi connectivity index (χ2n) is 16.0. The number of benzene rings is 8. The number of aromatic nitrogens is 1. The Morgan fingerprint density at radius 3 is 2.05 bits per heavy atom. The molecule has 0 N–H and O–H groups in total. The highest BCUT2D eigenvalue weighted by molar-refractivity contribution is 6.10. The average molecular weight is 731 g/mol. The summed E-state index contributed by atoms with van der Waals surface area (Å²) in [5, 5.41) is 2.49. The lowest BCUT2D eigenvalue weighted by Crippen LogP contribution is -2.15. The van der Waals surface area contributed by atoms with Crippen LogP contribution in [0, 0.1) is 0 Å². The fraction of sp³-hybridized carbons (Fsp3) is 0.0909. The van der Waals surface area contributed by atoms with E-state index in [-0.39, 0.29) is 5.41 Å². The largest absolute Gasteiger partial charge is 0.310 e. The lowest BCUT2D eigenvalue weighted by Gasteiger charge is -2.29. The summed E-state index contributed by atoms with van der Waals surface area (Å²) in [5.74, 6) is 0. The molecule has 0 unspecified atom stereocenters. The number of nitrogens with zero attached hydrogens (tertiary/aromatic N) is 2. The van der Waals surface area contributed by atoms with E-state index in [0.29, 0.717) is 0 Å². The molecule has 0 aliphatic heterocycles. The Morgan fingerprint density at radius 2 is 1.18 bits per heavy atom. The van der Waals surface area contributed by atoms with E-state index in [1.54, 1.807) is 0 Å². The van der Waals surface area contributed by atoms with Gasteiger partial charge in [0, 0.05) is 38.8 Å². The summed E-state index contributed by atoms with van der Waals surface area (Å²) in [6.45, 7) is 4.73. The Balaban J connectivity index is 1.15. The smallest absolute Gasteiger partial charge is 0.0561 e. The first kappa shape index (κ1) is 33.4. The molecule has 0 saturated heterocycles. The van der Waals surface area contributed by atoms with Crippen molar-refractivity contribution in [2.24, 2.45) is 0 Å². The van der Waals surface area contributed by atoms with Crippen molar-refractivity contribution in [1.29, 1.82) is 0 Å². The molecule has 0 radical (unpaired) electrons. The molecule has 272 valence electrons. The second kappa shape index (κ2) is 13.1. The minimum Gasteiger partial charge on any atom is -0.310 e. The van der Waals surface area contributed by atoms with E-state index in [9.17, 15) is 0 Å². The highest BCUT2D eigenvalue weighted by Crippen LogP contribution is 2.54. The minimum absolute atomic E-state index is 0.0892. The van der Waals surface area contributed by atoms with Crippen molar-refractivity contribution in [2.75, 3.05) is 4.90 Å². The molecule has 1 heterocycles. The maximum absolute atomic E-state index is 2.47. The summed E-state index contributed by atoms with van der Waals surface area (Å²) in [6.07, 6.45) is 6.81. The zero-order valence-electron chi connectivity index (χ0n) is 32.3. The third-order valence-electron chi connectivity index (χ3n) is 12.5. The second-order valence-corrected chi connectivity index (χ2v) is 16.0. The number of rotatable bonds is 6. The zero-order valence-corrected chi connectivity index (χ0v) is 32.3. The molecule has 9 aromatic rings. The Kier molecular flexibility index (Phi) is 7.69. The average Bonchev–Trinajstić information content (AvgIpc) is 3.72. The summed E-state index contributed by atoms with van der Waals surface area (Å²) in [4.78, 5) is 2.47. The Labute approximate surface area is 334 Å². The molecule has 2 aliphatic carbocycles. The number of aryl methyl sites for hydroxylation is 1. The van der Waals surface area contributed by atoms with Crippen LogP contribution in [0.1, 0.15) is 42.5 Å². The molecule has 0 spiro atoms. The molecule has 0 atom stereocenters. The van der Waals surface area contributed by atoms with Crippen molar-refractivity contribution >= 4 is 44.9 Å². The molecular weight excluding hydrogens is 689 g/mol. The number of para-hydroxylation sites is 3.